The first-order valence-electron chi connectivity index (χ1n) is 3.84. The van der Waals surface area contributed by atoms with Gasteiger partial charge in [-0.15, -0.1) is 0 Å². The maximum absolute atomic E-state index is 8.91. The van der Waals surface area contributed by atoms with Gasteiger partial charge in [0.05, 0.1) is 0 Å². The average molecular weight is 275 g/mol. The Morgan fingerprint density at radius 3 is 2.67 bits per heavy atom. The second-order valence-corrected chi connectivity index (χ2v) is 4.19. The Bertz CT molecular complexity index is 250. The van der Waals surface area contributed by atoms with Gasteiger partial charge in [0.1, 0.15) is 0 Å². The van der Waals surface area contributed by atoms with Crippen LogP contribution >= 0.6 is 22.6 Å². The van der Waals surface area contributed by atoms with Gasteiger partial charge in [-0.3, -0.25) is 0 Å². The predicted octanol–water partition coefficient (Wildman–Crippen LogP) is 2.51. The van der Waals surface area contributed by atoms with Gasteiger partial charge in [-0.1, -0.05) is 6.07 Å². The third-order valence-corrected chi connectivity index (χ3v) is 2.38. The van der Waals surface area contributed by atoms with E-state index in [1.54, 1.807) is 0 Å². The van der Waals surface area contributed by atoms with E-state index in [-0.39, 0.29) is 12.5 Å². The van der Waals surface area contributed by atoms with Crippen LogP contribution in [0.25, 0.3) is 0 Å². The van der Waals surface area contributed by atoms with Crippen LogP contribution in [0.5, 0.6) is 0 Å². The Morgan fingerprint density at radius 1 is 1.50 bits per heavy atom. The summed E-state index contributed by atoms with van der Waals surface area (Å²) >= 11 is 2.27. The molecule has 0 bridgehead atoms. The van der Waals surface area contributed by atoms with Gasteiger partial charge >= 0.3 is 0 Å². The molecule has 12 heavy (non-hydrogen) atoms. The molecule has 0 aliphatic rings. The molecule has 2 heteroatoms. The fourth-order valence-electron chi connectivity index (χ4n) is 1.11. The molecule has 0 heterocycles. The molecule has 65 valence electrons. The Kier molecular flexibility index (Phi) is 3.53. The zero-order valence-electron chi connectivity index (χ0n) is 7.05. The molecule has 1 rings (SSSR count). The van der Waals surface area contributed by atoms with E-state index in [1.165, 1.54) is 9.13 Å². The van der Waals surface area contributed by atoms with Crippen LogP contribution in [0, 0.1) is 17.4 Å². The van der Waals surface area contributed by atoms with Crippen molar-refractivity contribution in [3.8, 4) is 0 Å². The van der Waals surface area contributed by atoms with Gasteiger partial charge in [-0.05, 0) is 59.7 Å². The fourth-order valence-corrected chi connectivity index (χ4v) is 1.96. The SMILES string of the molecule is [CH2]C(CO)c1cc(C)cc(I)c1. The summed E-state index contributed by atoms with van der Waals surface area (Å²) in [6, 6.07) is 6.23. The molecule has 0 aromatic heterocycles. The number of halogens is 1. The lowest BCUT2D eigenvalue weighted by molar-refractivity contribution is 0.282. The van der Waals surface area contributed by atoms with E-state index in [4.69, 9.17) is 5.11 Å². The van der Waals surface area contributed by atoms with Gasteiger partial charge in [0, 0.05) is 16.1 Å². The van der Waals surface area contributed by atoms with Crippen LogP contribution in [-0.2, 0) is 0 Å². The van der Waals surface area contributed by atoms with Crippen molar-refractivity contribution in [2.75, 3.05) is 6.61 Å². The summed E-state index contributed by atoms with van der Waals surface area (Å²) in [6.07, 6.45) is 0. The summed E-state index contributed by atoms with van der Waals surface area (Å²) in [4.78, 5) is 0. The standard InChI is InChI=1S/C10H12IO/c1-7-3-9(8(2)6-12)5-10(11)4-7/h3-5,8,12H,2,6H2,1H3. The summed E-state index contributed by atoms with van der Waals surface area (Å²) in [5.74, 6) is -0.00147. The van der Waals surface area contributed by atoms with Crippen molar-refractivity contribution in [3.63, 3.8) is 0 Å². The summed E-state index contributed by atoms with van der Waals surface area (Å²) in [5.41, 5.74) is 2.33. The van der Waals surface area contributed by atoms with E-state index in [2.05, 4.69) is 54.6 Å². The summed E-state index contributed by atoms with van der Waals surface area (Å²) in [5, 5.41) is 8.91. The van der Waals surface area contributed by atoms with E-state index >= 15 is 0 Å². The molecule has 0 spiro atoms. The van der Waals surface area contributed by atoms with Gasteiger partial charge < -0.3 is 5.11 Å². The maximum Gasteiger partial charge on any atom is 0.0499 e. The fraction of sp³-hybridized carbons (Fsp3) is 0.300. The van der Waals surface area contributed by atoms with Crippen molar-refractivity contribution in [1.29, 1.82) is 0 Å². The molecule has 0 saturated carbocycles. The molecule has 0 saturated heterocycles. The number of benzene rings is 1. The van der Waals surface area contributed by atoms with Crippen LogP contribution in [0.1, 0.15) is 17.0 Å². The smallest absolute Gasteiger partial charge is 0.0499 e. The lowest BCUT2D eigenvalue weighted by Crippen LogP contribution is -1.99. The van der Waals surface area contributed by atoms with Crippen LogP contribution in [0.4, 0.5) is 0 Å². The minimum atomic E-state index is -0.00147. The van der Waals surface area contributed by atoms with E-state index in [9.17, 15) is 0 Å². The normalized spacial score (nSPS) is 13.0. The molecule has 1 atom stereocenters. The summed E-state index contributed by atoms with van der Waals surface area (Å²) in [6.45, 7) is 6.02. The van der Waals surface area contributed by atoms with Gasteiger partial charge in [-0.25, -0.2) is 0 Å². The monoisotopic (exact) mass is 275 g/mol. The Hall–Kier alpha value is -0.0900. The molecule has 0 amide bonds. The highest BCUT2D eigenvalue weighted by molar-refractivity contribution is 14.1. The number of rotatable bonds is 2. The van der Waals surface area contributed by atoms with Gasteiger partial charge in [0.25, 0.3) is 0 Å². The lowest BCUT2D eigenvalue weighted by Gasteiger charge is -2.09. The zero-order valence-corrected chi connectivity index (χ0v) is 9.21. The molecule has 0 aliphatic heterocycles. The predicted molar refractivity (Wildman–Crippen MR) is 59.1 cm³/mol. The molecule has 1 nitrogen and oxygen atoms in total. The minimum absolute atomic E-state index is 0.00147. The molecule has 1 aromatic rings. The van der Waals surface area contributed by atoms with Crippen LogP contribution in [-0.4, -0.2) is 11.7 Å². The molecule has 1 unspecified atom stereocenters. The van der Waals surface area contributed by atoms with Gasteiger partial charge in [0.2, 0.25) is 0 Å². The van der Waals surface area contributed by atoms with E-state index in [1.807, 2.05) is 0 Å². The number of aryl methyl sites for hydroxylation is 1. The summed E-state index contributed by atoms with van der Waals surface area (Å²) in [7, 11) is 0. The number of aliphatic hydroxyl groups excluding tert-OH is 1. The first kappa shape index (κ1) is 9.99. The van der Waals surface area contributed by atoms with E-state index < -0.39 is 0 Å². The van der Waals surface area contributed by atoms with Crippen LogP contribution < -0.4 is 0 Å². The second-order valence-electron chi connectivity index (χ2n) is 2.94. The van der Waals surface area contributed by atoms with E-state index in [0.29, 0.717) is 0 Å². The number of aliphatic hydroxyl groups is 1. The Morgan fingerprint density at radius 2 is 2.17 bits per heavy atom. The topological polar surface area (TPSA) is 20.2 Å². The molecule has 1 aromatic carbocycles. The Balaban J connectivity index is 3.00. The largest absolute Gasteiger partial charge is 0.396 e. The number of hydrogen-bond donors (Lipinski definition) is 1. The van der Waals surface area contributed by atoms with Crippen molar-refractivity contribution in [2.45, 2.75) is 12.8 Å². The minimum Gasteiger partial charge on any atom is -0.396 e. The van der Waals surface area contributed by atoms with Crippen molar-refractivity contribution in [3.05, 3.63) is 39.8 Å². The quantitative estimate of drug-likeness (QED) is 0.822. The van der Waals surface area contributed by atoms with Crippen molar-refractivity contribution >= 4 is 22.6 Å². The summed E-state index contributed by atoms with van der Waals surface area (Å²) < 4.78 is 1.20. The first-order chi connectivity index (χ1) is 5.63. The molecular weight excluding hydrogens is 263 g/mol. The lowest BCUT2D eigenvalue weighted by atomic mass is 10.0. The van der Waals surface area contributed by atoms with Crippen LogP contribution in [0.3, 0.4) is 0 Å². The molecule has 0 fully saturated rings. The number of hydrogen-bond acceptors (Lipinski definition) is 1. The molecule has 1 radical (unpaired) electrons. The third-order valence-electron chi connectivity index (χ3n) is 1.76. The molecular formula is C10H12IO. The Labute approximate surface area is 86.9 Å². The zero-order chi connectivity index (χ0) is 9.14. The maximum atomic E-state index is 8.91. The highest BCUT2D eigenvalue weighted by Gasteiger charge is 2.04. The van der Waals surface area contributed by atoms with Gasteiger partial charge in [0.15, 0.2) is 0 Å². The molecule has 0 aliphatic carbocycles. The van der Waals surface area contributed by atoms with Crippen molar-refractivity contribution in [1.82, 2.24) is 0 Å². The molecule has 1 N–H and O–H groups in total. The van der Waals surface area contributed by atoms with Crippen LogP contribution in [0.15, 0.2) is 18.2 Å². The third kappa shape index (κ3) is 2.45. The van der Waals surface area contributed by atoms with Crippen molar-refractivity contribution < 1.29 is 5.11 Å². The van der Waals surface area contributed by atoms with E-state index in [0.717, 1.165) is 5.56 Å². The van der Waals surface area contributed by atoms with Crippen molar-refractivity contribution in [2.24, 2.45) is 0 Å². The highest BCUT2D eigenvalue weighted by atomic mass is 127. The van der Waals surface area contributed by atoms with Crippen LogP contribution in [0.2, 0.25) is 0 Å². The second kappa shape index (κ2) is 4.23. The van der Waals surface area contributed by atoms with Gasteiger partial charge in [-0.2, -0.15) is 0 Å². The first-order valence-corrected chi connectivity index (χ1v) is 4.92. The highest BCUT2D eigenvalue weighted by Crippen LogP contribution is 2.18. The average Bonchev–Trinajstić information content (AvgIpc) is 2.01.